The fourth-order valence-electron chi connectivity index (χ4n) is 2.78. The highest BCUT2D eigenvalue weighted by Crippen LogP contribution is 2.17. The number of rotatable bonds is 6. The van der Waals surface area contributed by atoms with E-state index in [1.54, 1.807) is 21.3 Å². The first-order chi connectivity index (χ1) is 12.5. The molecule has 0 aliphatic heterocycles. The Hall–Kier alpha value is -3.09. The summed E-state index contributed by atoms with van der Waals surface area (Å²) >= 11 is 0. The van der Waals surface area contributed by atoms with Crippen LogP contribution in [0, 0.1) is 6.92 Å². The molecule has 2 aromatic heterocycles. The van der Waals surface area contributed by atoms with E-state index >= 15 is 0 Å². The number of nitrogens with zero attached hydrogens (tertiary/aromatic N) is 5. The van der Waals surface area contributed by atoms with Crippen LogP contribution < -0.4 is 5.32 Å². The van der Waals surface area contributed by atoms with E-state index in [9.17, 15) is 4.79 Å². The molecule has 3 rings (SSSR count). The minimum atomic E-state index is -0.145. The highest BCUT2D eigenvalue weighted by Gasteiger charge is 2.14. The fraction of sp³-hybridized carbons (Fsp3) is 0.316. The summed E-state index contributed by atoms with van der Waals surface area (Å²) in [5.74, 6) is 0.665. The van der Waals surface area contributed by atoms with E-state index in [0.717, 1.165) is 24.2 Å². The summed E-state index contributed by atoms with van der Waals surface area (Å²) in [6.07, 6.45) is 5.64. The Morgan fingerprint density at radius 3 is 2.73 bits per heavy atom. The SMILES string of the molecule is Cc1cc(NC(=O)N(C)CCCc2cnn(C)c2)n(-c2ccccc2)n1. The molecule has 2 amide bonds. The van der Waals surface area contributed by atoms with Crippen LogP contribution in [-0.4, -0.2) is 44.1 Å². The lowest BCUT2D eigenvalue weighted by Gasteiger charge is -2.18. The van der Waals surface area contributed by atoms with E-state index in [1.165, 1.54) is 5.56 Å². The first-order valence-electron chi connectivity index (χ1n) is 8.64. The smallest absolute Gasteiger partial charge is 0.322 e. The lowest BCUT2D eigenvalue weighted by atomic mass is 10.2. The van der Waals surface area contributed by atoms with Gasteiger partial charge < -0.3 is 4.90 Å². The number of hydrogen-bond acceptors (Lipinski definition) is 3. The summed E-state index contributed by atoms with van der Waals surface area (Å²) in [6, 6.07) is 11.5. The molecular weight excluding hydrogens is 328 g/mol. The second kappa shape index (κ2) is 7.86. The summed E-state index contributed by atoms with van der Waals surface area (Å²) in [4.78, 5) is 14.2. The van der Waals surface area contributed by atoms with E-state index in [1.807, 2.05) is 62.8 Å². The van der Waals surface area contributed by atoms with E-state index in [-0.39, 0.29) is 6.03 Å². The number of anilines is 1. The van der Waals surface area contributed by atoms with Crippen molar-refractivity contribution < 1.29 is 4.79 Å². The van der Waals surface area contributed by atoms with Gasteiger partial charge in [-0.3, -0.25) is 10.00 Å². The van der Waals surface area contributed by atoms with Gasteiger partial charge in [-0.1, -0.05) is 18.2 Å². The molecule has 0 radical (unpaired) electrons. The highest BCUT2D eigenvalue weighted by molar-refractivity contribution is 5.88. The van der Waals surface area contributed by atoms with Gasteiger partial charge in [-0.2, -0.15) is 10.2 Å². The fourth-order valence-corrected chi connectivity index (χ4v) is 2.78. The molecule has 1 aromatic carbocycles. The Bertz CT molecular complexity index is 867. The van der Waals surface area contributed by atoms with Crippen molar-refractivity contribution in [1.29, 1.82) is 0 Å². The zero-order chi connectivity index (χ0) is 18.5. The van der Waals surface area contributed by atoms with Gasteiger partial charge in [0.25, 0.3) is 0 Å². The van der Waals surface area contributed by atoms with Crippen LogP contribution >= 0.6 is 0 Å². The van der Waals surface area contributed by atoms with E-state index < -0.39 is 0 Å². The molecule has 136 valence electrons. The minimum Gasteiger partial charge on any atom is -0.328 e. The maximum Gasteiger partial charge on any atom is 0.322 e. The molecule has 0 aliphatic rings. The lowest BCUT2D eigenvalue weighted by molar-refractivity contribution is 0.222. The summed E-state index contributed by atoms with van der Waals surface area (Å²) in [7, 11) is 3.70. The van der Waals surface area contributed by atoms with Crippen LogP contribution in [0.25, 0.3) is 5.69 Å². The predicted octanol–water partition coefficient (Wildman–Crippen LogP) is 3.01. The molecule has 0 saturated carbocycles. The van der Waals surface area contributed by atoms with Gasteiger partial charge in [-0.25, -0.2) is 9.48 Å². The number of hydrogen-bond donors (Lipinski definition) is 1. The second-order valence-electron chi connectivity index (χ2n) is 6.40. The molecule has 0 bridgehead atoms. The van der Waals surface area contributed by atoms with Crippen LogP contribution in [0.1, 0.15) is 17.7 Å². The number of urea groups is 1. The monoisotopic (exact) mass is 352 g/mol. The van der Waals surface area contributed by atoms with Gasteiger partial charge in [-0.15, -0.1) is 0 Å². The van der Waals surface area contributed by atoms with Crippen molar-refractivity contribution in [2.75, 3.05) is 18.9 Å². The molecule has 0 unspecified atom stereocenters. The van der Waals surface area contributed by atoms with Gasteiger partial charge in [-0.05, 0) is 37.5 Å². The van der Waals surface area contributed by atoms with Crippen molar-refractivity contribution in [2.24, 2.45) is 7.05 Å². The standard InChI is InChI=1S/C19H24N6O/c1-15-12-18(25(22-15)17-9-5-4-6-10-17)21-19(26)23(2)11-7-8-16-13-20-24(3)14-16/h4-6,9-10,12-14H,7-8,11H2,1-3H3,(H,21,26). The van der Waals surface area contributed by atoms with Crippen LogP contribution in [0.4, 0.5) is 10.6 Å². The van der Waals surface area contributed by atoms with Gasteiger partial charge >= 0.3 is 6.03 Å². The zero-order valence-corrected chi connectivity index (χ0v) is 15.4. The molecular formula is C19H24N6O. The summed E-state index contributed by atoms with van der Waals surface area (Å²) in [6.45, 7) is 2.58. The number of carbonyl (C=O) groups excluding carboxylic acids is 1. The molecule has 0 fully saturated rings. The maximum absolute atomic E-state index is 12.5. The Morgan fingerprint density at radius 2 is 2.04 bits per heavy atom. The Kier molecular flexibility index (Phi) is 5.36. The van der Waals surface area contributed by atoms with Gasteiger partial charge in [0, 0.05) is 32.9 Å². The summed E-state index contributed by atoms with van der Waals surface area (Å²) in [5, 5.41) is 11.6. The first-order valence-corrected chi connectivity index (χ1v) is 8.64. The number of nitrogens with one attached hydrogen (secondary N) is 1. The van der Waals surface area contributed by atoms with Crippen LogP contribution in [0.2, 0.25) is 0 Å². The molecule has 0 saturated heterocycles. The average molecular weight is 352 g/mol. The average Bonchev–Trinajstić information content (AvgIpc) is 3.21. The predicted molar refractivity (Wildman–Crippen MR) is 101 cm³/mol. The van der Waals surface area contributed by atoms with E-state index in [4.69, 9.17) is 0 Å². The quantitative estimate of drug-likeness (QED) is 0.741. The topological polar surface area (TPSA) is 68.0 Å². The maximum atomic E-state index is 12.5. The lowest BCUT2D eigenvalue weighted by Crippen LogP contribution is -2.33. The first kappa shape index (κ1) is 17.7. The number of aromatic nitrogens is 4. The molecule has 3 aromatic rings. The largest absolute Gasteiger partial charge is 0.328 e. The van der Waals surface area contributed by atoms with Crippen LogP contribution in [0.5, 0.6) is 0 Å². The summed E-state index contributed by atoms with van der Waals surface area (Å²) < 4.78 is 3.54. The van der Waals surface area contributed by atoms with Gasteiger partial charge in [0.05, 0.1) is 17.6 Å². The van der Waals surface area contributed by atoms with Crippen molar-refractivity contribution in [3.05, 3.63) is 60.0 Å². The van der Waals surface area contributed by atoms with Crippen molar-refractivity contribution in [2.45, 2.75) is 19.8 Å². The molecule has 0 spiro atoms. The van der Waals surface area contributed by atoms with Crippen molar-refractivity contribution in [3.63, 3.8) is 0 Å². The van der Waals surface area contributed by atoms with Crippen LogP contribution in [-0.2, 0) is 13.5 Å². The zero-order valence-electron chi connectivity index (χ0n) is 15.4. The van der Waals surface area contributed by atoms with Gasteiger partial charge in [0.1, 0.15) is 5.82 Å². The van der Waals surface area contributed by atoms with Crippen molar-refractivity contribution in [3.8, 4) is 5.69 Å². The third-order valence-electron chi connectivity index (χ3n) is 4.13. The van der Waals surface area contributed by atoms with Crippen LogP contribution in [0.15, 0.2) is 48.8 Å². The van der Waals surface area contributed by atoms with E-state index in [0.29, 0.717) is 12.4 Å². The molecule has 26 heavy (non-hydrogen) atoms. The minimum absolute atomic E-state index is 0.145. The van der Waals surface area contributed by atoms with E-state index in [2.05, 4.69) is 15.5 Å². The normalized spacial score (nSPS) is 10.7. The van der Waals surface area contributed by atoms with Crippen molar-refractivity contribution >= 4 is 11.8 Å². The van der Waals surface area contributed by atoms with Gasteiger partial charge in [0.2, 0.25) is 0 Å². The molecule has 7 heteroatoms. The molecule has 0 aliphatic carbocycles. The number of aryl methyl sites for hydroxylation is 3. The summed E-state index contributed by atoms with van der Waals surface area (Å²) in [5.41, 5.74) is 2.94. The van der Waals surface area contributed by atoms with Crippen LogP contribution in [0.3, 0.4) is 0 Å². The number of amides is 2. The number of para-hydroxylation sites is 1. The third kappa shape index (κ3) is 4.30. The Morgan fingerprint density at radius 1 is 1.27 bits per heavy atom. The molecule has 1 N–H and O–H groups in total. The Labute approximate surface area is 153 Å². The highest BCUT2D eigenvalue weighted by atomic mass is 16.2. The molecule has 7 nitrogen and oxygen atoms in total. The number of carbonyl (C=O) groups is 1. The van der Waals surface area contributed by atoms with Gasteiger partial charge in [0.15, 0.2) is 0 Å². The second-order valence-corrected chi connectivity index (χ2v) is 6.40. The molecule has 0 atom stereocenters. The number of benzene rings is 1. The molecule has 2 heterocycles. The third-order valence-corrected chi connectivity index (χ3v) is 4.13. The van der Waals surface area contributed by atoms with Crippen molar-refractivity contribution in [1.82, 2.24) is 24.5 Å². The Balaban J connectivity index is 1.59.